The van der Waals surface area contributed by atoms with Crippen LogP contribution in [0, 0.1) is 0 Å². The fourth-order valence-electron chi connectivity index (χ4n) is 4.32. The van der Waals surface area contributed by atoms with Gasteiger partial charge in [-0.05, 0) is 31.3 Å². The van der Waals surface area contributed by atoms with Crippen LogP contribution in [0.4, 0.5) is 5.69 Å². The first kappa shape index (κ1) is 23.3. The van der Waals surface area contributed by atoms with Crippen LogP contribution in [0.3, 0.4) is 0 Å². The molecule has 0 spiro atoms. The third-order valence-corrected chi connectivity index (χ3v) is 7.50. The number of hydrogen-bond acceptors (Lipinski definition) is 6. The van der Waals surface area contributed by atoms with Gasteiger partial charge in [0.05, 0.1) is 19.3 Å². The van der Waals surface area contributed by atoms with Crippen molar-refractivity contribution in [3.8, 4) is 16.2 Å². The van der Waals surface area contributed by atoms with Crippen molar-refractivity contribution in [2.24, 2.45) is 0 Å². The molecule has 0 N–H and O–H groups in total. The van der Waals surface area contributed by atoms with Gasteiger partial charge in [-0.1, -0.05) is 38.1 Å². The van der Waals surface area contributed by atoms with E-state index in [1.54, 1.807) is 18.4 Å². The lowest BCUT2D eigenvalue weighted by molar-refractivity contribution is 0.0781. The first-order valence-corrected chi connectivity index (χ1v) is 12.3. The Balaban J connectivity index is 1.65. The fraction of sp³-hybridized carbons (Fsp3) is 0.385. The van der Waals surface area contributed by atoms with E-state index in [0.29, 0.717) is 30.3 Å². The van der Waals surface area contributed by atoms with Gasteiger partial charge in [-0.25, -0.2) is 0 Å². The number of fused-ring (bicyclic) bond motifs is 3. The summed E-state index contributed by atoms with van der Waals surface area (Å²) in [6.07, 6.45) is 1.83. The standard InChI is InChI=1S/C26H32N4O2S/c1-5-29(6-2)16-15-28(3)26(31)25-23(32-4)21-18-30(17-19-11-9-10-14-27-19)22-13-8-7-12-20(22)24(21)33-25/h7-14H,5-6,15-18H2,1-4H3. The van der Waals surface area contributed by atoms with E-state index in [1.807, 2.05) is 36.3 Å². The number of aromatic nitrogens is 1. The molecular weight excluding hydrogens is 432 g/mol. The first-order valence-electron chi connectivity index (χ1n) is 11.5. The predicted octanol–water partition coefficient (Wildman–Crippen LogP) is 4.75. The normalized spacial score (nSPS) is 12.5. The smallest absolute Gasteiger partial charge is 0.267 e. The van der Waals surface area contributed by atoms with E-state index in [4.69, 9.17) is 4.74 Å². The Kier molecular flexibility index (Phi) is 7.30. The molecule has 3 aromatic rings. The number of anilines is 1. The van der Waals surface area contributed by atoms with Gasteiger partial charge in [0.15, 0.2) is 0 Å². The lowest BCUT2D eigenvalue weighted by atomic mass is 10.00. The molecule has 0 fully saturated rings. The van der Waals surface area contributed by atoms with Crippen molar-refractivity contribution >= 4 is 22.9 Å². The van der Waals surface area contributed by atoms with Crippen LogP contribution in [0.2, 0.25) is 0 Å². The molecule has 1 aromatic carbocycles. The Hall–Kier alpha value is -2.90. The second-order valence-electron chi connectivity index (χ2n) is 8.22. The average molecular weight is 465 g/mol. The minimum absolute atomic E-state index is 0.0205. The molecule has 0 saturated carbocycles. The number of thiophene rings is 1. The molecule has 33 heavy (non-hydrogen) atoms. The highest BCUT2D eigenvalue weighted by molar-refractivity contribution is 7.18. The number of para-hydroxylation sites is 1. The van der Waals surface area contributed by atoms with Crippen LogP contribution in [0.15, 0.2) is 48.7 Å². The van der Waals surface area contributed by atoms with E-state index in [0.717, 1.165) is 47.0 Å². The minimum Gasteiger partial charge on any atom is -0.495 e. The van der Waals surface area contributed by atoms with Crippen LogP contribution >= 0.6 is 11.3 Å². The fourth-order valence-corrected chi connectivity index (χ4v) is 5.63. The quantitative estimate of drug-likeness (QED) is 0.457. The molecule has 1 amide bonds. The Morgan fingerprint density at radius 2 is 1.88 bits per heavy atom. The van der Waals surface area contributed by atoms with Crippen LogP contribution in [-0.2, 0) is 13.1 Å². The molecule has 0 aliphatic carbocycles. The molecule has 6 nitrogen and oxygen atoms in total. The summed E-state index contributed by atoms with van der Waals surface area (Å²) >= 11 is 1.55. The molecule has 0 radical (unpaired) electrons. The summed E-state index contributed by atoms with van der Waals surface area (Å²) in [6.45, 7) is 9.20. The Bertz CT molecular complexity index is 1090. The number of methoxy groups -OCH3 is 1. The van der Waals surface area contributed by atoms with E-state index in [9.17, 15) is 4.79 Å². The van der Waals surface area contributed by atoms with Crippen molar-refractivity contribution in [3.05, 3.63) is 64.8 Å². The van der Waals surface area contributed by atoms with Gasteiger partial charge in [0, 0.05) is 54.6 Å². The number of ether oxygens (including phenoxy) is 1. The molecule has 0 bridgehead atoms. The molecule has 174 valence electrons. The summed E-state index contributed by atoms with van der Waals surface area (Å²) in [5.74, 6) is 0.724. The summed E-state index contributed by atoms with van der Waals surface area (Å²) in [6, 6.07) is 14.4. The highest BCUT2D eigenvalue weighted by Crippen LogP contribution is 2.49. The lowest BCUT2D eigenvalue weighted by Gasteiger charge is -2.31. The van der Waals surface area contributed by atoms with Gasteiger partial charge in [0.2, 0.25) is 0 Å². The zero-order valence-electron chi connectivity index (χ0n) is 19.9. The largest absolute Gasteiger partial charge is 0.495 e. The van der Waals surface area contributed by atoms with Crippen molar-refractivity contribution in [1.82, 2.24) is 14.8 Å². The molecule has 1 aliphatic heterocycles. The number of amides is 1. The van der Waals surface area contributed by atoms with Crippen LogP contribution < -0.4 is 9.64 Å². The third kappa shape index (κ3) is 4.75. The molecule has 3 heterocycles. The van der Waals surface area contributed by atoms with Gasteiger partial charge in [0.1, 0.15) is 10.6 Å². The van der Waals surface area contributed by atoms with Gasteiger partial charge in [-0.3, -0.25) is 9.78 Å². The molecule has 0 unspecified atom stereocenters. The molecule has 0 saturated heterocycles. The second kappa shape index (κ2) is 10.4. The summed E-state index contributed by atoms with van der Waals surface area (Å²) in [7, 11) is 3.55. The monoisotopic (exact) mass is 464 g/mol. The highest BCUT2D eigenvalue weighted by atomic mass is 32.1. The average Bonchev–Trinajstić information content (AvgIpc) is 3.23. The topological polar surface area (TPSA) is 48.9 Å². The van der Waals surface area contributed by atoms with Gasteiger partial charge >= 0.3 is 0 Å². The SMILES string of the molecule is CCN(CC)CCN(C)C(=O)c1sc2c(c1OC)CN(Cc1ccccn1)c1ccccc1-2. The number of carbonyl (C=O) groups excluding carboxylic acids is 1. The second-order valence-corrected chi connectivity index (χ2v) is 9.24. The Morgan fingerprint density at radius 3 is 2.58 bits per heavy atom. The van der Waals surface area contributed by atoms with Crippen molar-refractivity contribution in [3.63, 3.8) is 0 Å². The molecule has 4 rings (SSSR count). The van der Waals surface area contributed by atoms with Crippen LogP contribution in [0.25, 0.3) is 10.4 Å². The maximum absolute atomic E-state index is 13.4. The Labute approximate surface area is 200 Å². The molecule has 2 aromatic heterocycles. The number of nitrogens with zero attached hydrogens (tertiary/aromatic N) is 4. The van der Waals surface area contributed by atoms with Gasteiger partial charge in [-0.2, -0.15) is 0 Å². The van der Waals surface area contributed by atoms with Crippen molar-refractivity contribution in [1.29, 1.82) is 0 Å². The van der Waals surface area contributed by atoms with Gasteiger partial charge in [-0.15, -0.1) is 11.3 Å². The summed E-state index contributed by atoms with van der Waals surface area (Å²) in [4.78, 5) is 26.2. The van der Waals surface area contributed by atoms with E-state index in [1.165, 1.54) is 0 Å². The zero-order chi connectivity index (χ0) is 23.4. The number of hydrogen-bond donors (Lipinski definition) is 0. The maximum Gasteiger partial charge on any atom is 0.267 e. The number of rotatable bonds is 9. The third-order valence-electron chi connectivity index (χ3n) is 6.27. The number of benzene rings is 1. The van der Waals surface area contributed by atoms with E-state index >= 15 is 0 Å². The van der Waals surface area contributed by atoms with E-state index in [-0.39, 0.29) is 5.91 Å². The summed E-state index contributed by atoms with van der Waals surface area (Å²) in [5, 5.41) is 0. The van der Waals surface area contributed by atoms with Gasteiger partial charge < -0.3 is 19.4 Å². The Morgan fingerprint density at radius 1 is 1.12 bits per heavy atom. The van der Waals surface area contributed by atoms with Crippen molar-refractivity contribution < 1.29 is 9.53 Å². The van der Waals surface area contributed by atoms with Gasteiger partial charge in [0.25, 0.3) is 5.91 Å². The summed E-state index contributed by atoms with van der Waals surface area (Å²) < 4.78 is 5.85. The predicted molar refractivity (Wildman–Crippen MR) is 135 cm³/mol. The van der Waals surface area contributed by atoms with E-state index < -0.39 is 0 Å². The molecule has 7 heteroatoms. The van der Waals surface area contributed by atoms with E-state index in [2.05, 4.69) is 52.9 Å². The van der Waals surface area contributed by atoms with Crippen LogP contribution in [0.5, 0.6) is 5.75 Å². The van der Waals surface area contributed by atoms with Crippen molar-refractivity contribution in [2.45, 2.75) is 26.9 Å². The van der Waals surface area contributed by atoms with Crippen LogP contribution in [-0.4, -0.2) is 61.0 Å². The lowest BCUT2D eigenvalue weighted by Crippen LogP contribution is -2.36. The number of carbonyl (C=O) groups is 1. The number of likely N-dealkylation sites (N-methyl/N-ethyl adjacent to an activating group) is 2. The first-order chi connectivity index (χ1) is 16.1. The summed E-state index contributed by atoms with van der Waals surface area (Å²) in [5.41, 5.74) is 4.39. The van der Waals surface area contributed by atoms with Crippen LogP contribution in [0.1, 0.15) is 34.8 Å². The molecular formula is C26H32N4O2S. The molecule has 1 aliphatic rings. The molecule has 0 atom stereocenters. The highest BCUT2D eigenvalue weighted by Gasteiger charge is 2.32. The maximum atomic E-state index is 13.4. The minimum atomic E-state index is 0.0205. The van der Waals surface area contributed by atoms with Crippen molar-refractivity contribution in [2.75, 3.05) is 45.2 Å². The number of pyridine rings is 1. The zero-order valence-corrected chi connectivity index (χ0v) is 20.7.